The molecule has 1 N–H and O–H groups in total. The molecule has 1 saturated carbocycles. The van der Waals surface area contributed by atoms with Gasteiger partial charge in [-0.1, -0.05) is 19.8 Å². The third kappa shape index (κ3) is 3.73. The molecule has 0 radical (unpaired) electrons. The van der Waals surface area contributed by atoms with E-state index in [1.807, 2.05) is 6.92 Å². The summed E-state index contributed by atoms with van der Waals surface area (Å²) in [5, 5.41) is 3.04. The molecule has 1 aliphatic carbocycles. The van der Waals surface area contributed by atoms with Crippen molar-refractivity contribution in [3.63, 3.8) is 0 Å². The van der Waals surface area contributed by atoms with E-state index in [2.05, 4.69) is 10.3 Å². The number of hydrogen-bond donors (Lipinski definition) is 1. The minimum atomic E-state index is -4.23. The second kappa shape index (κ2) is 6.73. The molecule has 118 valence electrons. The van der Waals surface area contributed by atoms with Gasteiger partial charge in [-0.25, -0.2) is 4.39 Å². The lowest BCUT2D eigenvalue weighted by atomic mass is 9.73. The van der Waals surface area contributed by atoms with Gasteiger partial charge in [0.15, 0.2) is 0 Å². The second-order valence-corrected chi connectivity index (χ2v) is 5.53. The first kappa shape index (κ1) is 16.2. The number of pyridine rings is 1. The number of rotatable bonds is 4. The Kier molecular flexibility index (Phi) is 5.19. The van der Waals surface area contributed by atoms with Gasteiger partial charge in [-0.05, 0) is 31.4 Å². The van der Waals surface area contributed by atoms with Gasteiger partial charge in [0, 0.05) is 17.8 Å². The van der Waals surface area contributed by atoms with Crippen molar-refractivity contribution in [2.75, 3.05) is 6.54 Å². The van der Waals surface area contributed by atoms with E-state index in [0.717, 1.165) is 12.6 Å². The minimum Gasteiger partial charge on any atom is -0.310 e. The van der Waals surface area contributed by atoms with Crippen molar-refractivity contribution in [2.24, 2.45) is 11.8 Å². The summed E-state index contributed by atoms with van der Waals surface area (Å²) in [7, 11) is 0. The third-order valence-electron chi connectivity index (χ3n) is 4.23. The average molecular weight is 304 g/mol. The second-order valence-electron chi connectivity index (χ2n) is 5.53. The fourth-order valence-electron chi connectivity index (χ4n) is 3.31. The molecule has 6 heteroatoms. The van der Waals surface area contributed by atoms with Crippen molar-refractivity contribution in [1.29, 1.82) is 0 Å². The standard InChI is InChI=1S/C15H20F4N2/c1-2-21-14(11-7-8-20-9-13(11)16)10-5-3-4-6-12(10)15(17,18)19/h7-10,12,14,21H,2-6H2,1H3. The van der Waals surface area contributed by atoms with Crippen molar-refractivity contribution in [3.8, 4) is 0 Å². The first-order valence-electron chi connectivity index (χ1n) is 7.34. The SMILES string of the molecule is CCNC(c1ccncc1F)C1CCCCC1C(F)(F)F. The molecule has 0 saturated heterocycles. The molecule has 2 rings (SSSR count). The van der Waals surface area contributed by atoms with Gasteiger partial charge in [0.25, 0.3) is 0 Å². The highest BCUT2D eigenvalue weighted by Gasteiger charge is 2.48. The Morgan fingerprint density at radius 1 is 1.33 bits per heavy atom. The molecule has 3 atom stereocenters. The van der Waals surface area contributed by atoms with Crippen LogP contribution in [0.4, 0.5) is 17.6 Å². The van der Waals surface area contributed by atoms with Gasteiger partial charge < -0.3 is 5.32 Å². The Balaban J connectivity index is 2.34. The number of halogens is 4. The molecule has 1 aromatic rings. The Morgan fingerprint density at radius 3 is 2.67 bits per heavy atom. The predicted octanol–water partition coefficient (Wildman–Crippen LogP) is 4.24. The van der Waals surface area contributed by atoms with Gasteiger partial charge in [0.2, 0.25) is 0 Å². The van der Waals surface area contributed by atoms with Crippen molar-refractivity contribution in [2.45, 2.75) is 44.8 Å². The van der Waals surface area contributed by atoms with E-state index < -0.39 is 29.9 Å². The molecule has 21 heavy (non-hydrogen) atoms. The zero-order valence-corrected chi connectivity index (χ0v) is 12.0. The van der Waals surface area contributed by atoms with Crippen molar-refractivity contribution < 1.29 is 17.6 Å². The smallest absolute Gasteiger partial charge is 0.310 e. The number of nitrogens with one attached hydrogen (secondary N) is 1. The molecule has 1 aliphatic rings. The van der Waals surface area contributed by atoms with Crippen LogP contribution in [-0.4, -0.2) is 17.7 Å². The van der Waals surface area contributed by atoms with E-state index in [4.69, 9.17) is 0 Å². The molecule has 3 unspecified atom stereocenters. The molecule has 0 bridgehead atoms. The molecule has 1 heterocycles. The van der Waals surface area contributed by atoms with Crippen LogP contribution in [0.15, 0.2) is 18.5 Å². The van der Waals surface area contributed by atoms with Crippen LogP contribution in [0.25, 0.3) is 0 Å². The summed E-state index contributed by atoms with van der Waals surface area (Å²) in [6.45, 7) is 2.31. The maximum atomic E-state index is 14.0. The highest BCUT2D eigenvalue weighted by atomic mass is 19.4. The van der Waals surface area contributed by atoms with Crippen LogP contribution in [0.2, 0.25) is 0 Å². The largest absolute Gasteiger partial charge is 0.392 e. The van der Waals surface area contributed by atoms with E-state index in [0.29, 0.717) is 19.4 Å². The third-order valence-corrected chi connectivity index (χ3v) is 4.23. The fraction of sp³-hybridized carbons (Fsp3) is 0.667. The van der Waals surface area contributed by atoms with Crippen molar-refractivity contribution in [3.05, 3.63) is 29.8 Å². The van der Waals surface area contributed by atoms with Crippen LogP contribution in [0.1, 0.15) is 44.2 Å². The number of alkyl halides is 3. The average Bonchev–Trinajstić information content (AvgIpc) is 2.45. The summed E-state index contributed by atoms with van der Waals surface area (Å²) >= 11 is 0. The lowest BCUT2D eigenvalue weighted by molar-refractivity contribution is -0.199. The van der Waals surface area contributed by atoms with Gasteiger partial charge in [0.05, 0.1) is 12.1 Å². The number of hydrogen-bond acceptors (Lipinski definition) is 2. The first-order valence-corrected chi connectivity index (χ1v) is 7.34. The van der Waals surface area contributed by atoms with Crippen LogP contribution in [0, 0.1) is 17.7 Å². The maximum absolute atomic E-state index is 14.0. The van der Waals surface area contributed by atoms with Crippen LogP contribution in [0.5, 0.6) is 0 Å². The van der Waals surface area contributed by atoms with E-state index >= 15 is 0 Å². The molecule has 0 amide bonds. The Labute approximate surface area is 122 Å². The summed E-state index contributed by atoms with van der Waals surface area (Å²) < 4.78 is 53.8. The normalized spacial score (nSPS) is 24.8. The van der Waals surface area contributed by atoms with Crippen LogP contribution in [0.3, 0.4) is 0 Å². The molecular weight excluding hydrogens is 284 g/mol. The Hall–Kier alpha value is -1.17. The molecular formula is C15H20F4N2. The lowest BCUT2D eigenvalue weighted by Crippen LogP contribution is -2.41. The summed E-state index contributed by atoms with van der Waals surface area (Å²) in [4.78, 5) is 3.68. The van der Waals surface area contributed by atoms with E-state index in [1.165, 1.54) is 12.3 Å². The minimum absolute atomic E-state index is 0.128. The fourth-order valence-corrected chi connectivity index (χ4v) is 3.31. The summed E-state index contributed by atoms with van der Waals surface area (Å²) in [5.74, 6) is -2.55. The quantitative estimate of drug-likeness (QED) is 0.842. The van der Waals surface area contributed by atoms with Crippen LogP contribution in [-0.2, 0) is 0 Å². The van der Waals surface area contributed by atoms with Gasteiger partial charge in [-0.2, -0.15) is 13.2 Å². The van der Waals surface area contributed by atoms with Gasteiger partial charge in [-0.3, -0.25) is 4.98 Å². The summed E-state index contributed by atoms with van der Waals surface area (Å²) in [5.41, 5.74) is 0.285. The Bertz CT molecular complexity index is 461. The molecule has 0 spiro atoms. The van der Waals surface area contributed by atoms with Gasteiger partial charge >= 0.3 is 6.18 Å². The van der Waals surface area contributed by atoms with Crippen LogP contribution >= 0.6 is 0 Å². The van der Waals surface area contributed by atoms with Crippen molar-refractivity contribution in [1.82, 2.24) is 10.3 Å². The van der Waals surface area contributed by atoms with Crippen LogP contribution < -0.4 is 5.32 Å². The first-order chi connectivity index (χ1) is 9.95. The monoisotopic (exact) mass is 304 g/mol. The molecule has 0 aliphatic heterocycles. The molecule has 1 fully saturated rings. The number of aromatic nitrogens is 1. The maximum Gasteiger partial charge on any atom is 0.392 e. The van der Waals surface area contributed by atoms with E-state index in [-0.39, 0.29) is 12.0 Å². The molecule has 1 aromatic heterocycles. The van der Waals surface area contributed by atoms with E-state index in [9.17, 15) is 17.6 Å². The summed E-state index contributed by atoms with van der Waals surface area (Å²) in [6.07, 6.45) is 0.179. The molecule has 2 nitrogen and oxygen atoms in total. The predicted molar refractivity (Wildman–Crippen MR) is 72.1 cm³/mol. The van der Waals surface area contributed by atoms with Crippen molar-refractivity contribution >= 4 is 0 Å². The Morgan fingerprint density at radius 2 is 2.05 bits per heavy atom. The zero-order valence-electron chi connectivity index (χ0n) is 12.0. The number of nitrogens with zero attached hydrogens (tertiary/aromatic N) is 1. The molecule has 0 aromatic carbocycles. The summed E-state index contributed by atoms with van der Waals surface area (Å²) in [6, 6.07) is 0.856. The highest BCUT2D eigenvalue weighted by Crippen LogP contribution is 2.46. The highest BCUT2D eigenvalue weighted by molar-refractivity contribution is 5.19. The zero-order chi connectivity index (χ0) is 15.5. The van der Waals surface area contributed by atoms with Gasteiger partial charge in [-0.15, -0.1) is 0 Å². The van der Waals surface area contributed by atoms with Gasteiger partial charge in [0.1, 0.15) is 5.82 Å². The van der Waals surface area contributed by atoms with E-state index in [1.54, 1.807) is 0 Å². The topological polar surface area (TPSA) is 24.9 Å². The lowest BCUT2D eigenvalue weighted by Gasteiger charge is -2.38.